The number of Topliss-reactive ketones (excluding diaryl/α,β-unsaturated/α-hetero) is 1. The first-order valence-corrected chi connectivity index (χ1v) is 7.51. The van der Waals surface area contributed by atoms with E-state index in [0.717, 1.165) is 11.5 Å². The second-order valence-electron chi connectivity index (χ2n) is 5.71. The molecule has 0 heterocycles. The van der Waals surface area contributed by atoms with E-state index in [1.807, 2.05) is 24.3 Å². The molecule has 1 saturated carbocycles. The lowest BCUT2D eigenvalue weighted by Crippen LogP contribution is -2.04. The van der Waals surface area contributed by atoms with Crippen molar-refractivity contribution in [3.8, 4) is 11.5 Å². The molecule has 0 aliphatic heterocycles. The molecule has 0 spiro atoms. The zero-order valence-electron chi connectivity index (χ0n) is 12.9. The number of carbonyl (C=O) groups excluding carboxylic acids is 1. The van der Waals surface area contributed by atoms with E-state index in [2.05, 4.69) is 24.3 Å². The van der Waals surface area contributed by atoms with Gasteiger partial charge in [-0.15, -0.1) is 0 Å². The van der Waals surface area contributed by atoms with Crippen LogP contribution < -0.4 is 9.47 Å². The van der Waals surface area contributed by atoms with E-state index < -0.39 is 0 Å². The van der Waals surface area contributed by atoms with Gasteiger partial charge in [0.25, 0.3) is 0 Å². The zero-order valence-corrected chi connectivity index (χ0v) is 12.9. The lowest BCUT2D eigenvalue weighted by molar-refractivity contribution is -0.117. The van der Waals surface area contributed by atoms with Crippen molar-refractivity contribution in [1.29, 1.82) is 0 Å². The van der Waals surface area contributed by atoms with Gasteiger partial charge in [-0.3, -0.25) is 4.79 Å². The highest BCUT2D eigenvalue weighted by Gasteiger charge is 2.34. The van der Waals surface area contributed by atoms with E-state index >= 15 is 0 Å². The molecule has 0 radical (unpaired) electrons. The van der Waals surface area contributed by atoms with Crippen LogP contribution in [0.2, 0.25) is 0 Å². The second-order valence-corrected chi connectivity index (χ2v) is 5.71. The Bertz CT molecular complexity index is 586. The van der Waals surface area contributed by atoms with E-state index in [1.165, 1.54) is 11.1 Å². The normalized spacial score (nSPS) is 20.9. The Morgan fingerprint density at radius 3 is 1.41 bits per heavy atom. The van der Waals surface area contributed by atoms with Crippen molar-refractivity contribution in [3.63, 3.8) is 0 Å². The molecule has 2 atom stereocenters. The van der Waals surface area contributed by atoms with Crippen molar-refractivity contribution in [3.05, 3.63) is 59.7 Å². The number of ether oxygens (including phenoxy) is 2. The van der Waals surface area contributed by atoms with Crippen molar-refractivity contribution in [2.45, 2.75) is 24.7 Å². The molecule has 0 N–H and O–H groups in total. The first-order valence-electron chi connectivity index (χ1n) is 7.51. The molecule has 0 unspecified atom stereocenters. The average Bonchev–Trinajstić information content (AvgIpc) is 2.97. The van der Waals surface area contributed by atoms with Crippen LogP contribution >= 0.6 is 0 Å². The summed E-state index contributed by atoms with van der Waals surface area (Å²) in [5.41, 5.74) is 2.40. The molecule has 3 rings (SSSR count). The molecule has 3 heteroatoms. The number of ketones is 1. The number of carbonyl (C=O) groups is 1. The fourth-order valence-electron chi connectivity index (χ4n) is 3.26. The Balaban J connectivity index is 1.88. The van der Waals surface area contributed by atoms with Crippen molar-refractivity contribution in [1.82, 2.24) is 0 Å². The third kappa shape index (κ3) is 2.84. The van der Waals surface area contributed by atoms with E-state index in [9.17, 15) is 4.79 Å². The van der Waals surface area contributed by atoms with Gasteiger partial charge in [0.15, 0.2) is 0 Å². The molecule has 1 aliphatic carbocycles. The lowest BCUT2D eigenvalue weighted by atomic mass is 9.84. The molecule has 22 heavy (non-hydrogen) atoms. The van der Waals surface area contributed by atoms with Gasteiger partial charge in [-0.1, -0.05) is 24.3 Å². The first kappa shape index (κ1) is 14.6. The van der Waals surface area contributed by atoms with Crippen LogP contribution in [0.3, 0.4) is 0 Å². The van der Waals surface area contributed by atoms with Crippen LogP contribution in [0.15, 0.2) is 48.5 Å². The van der Waals surface area contributed by atoms with Crippen molar-refractivity contribution < 1.29 is 14.3 Å². The number of hydrogen-bond acceptors (Lipinski definition) is 3. The van der Waals surface area contributed by atoms with Crippen LogP contribution in [0.5, 0.6) is 11.5 Å². The summed E-state index contributed by atoms with van der Waals surface area (Å²) in [6.07, 6.45) is 1.23. The quantitative estimate of drug-likeness (QED) is 0.857. The van der Waals surface area contributed by atoms with Gasteiger partial charge in [-0.25, -0.2) is 0 Å². The van der Waals surface area contributed by atoms with Gasteiger partial charge in [0.1, 0.15) is 17.3 Å². The summed E-state index contributed by atoms with van der Waals surface area (Å²) in [6.45, 7) is 0. The molecule has 114 valence electrons. The van der Waals surface area contributed by atoms with E-state index in [1.54, 1.807) is 14.2 Å². The minimum Gasteiger partial charge on any atom is -0.497 e. The summed E-state index contributed by atoms with van der Waals surface area (Å²) in [4.78, 5) is 12.0. The molecular formula is C19H20O3. The van der Waals surface area contributed by atoms with Crippen LogP contribution in [0.1, 0.15) is 35.8 Å². The van der Waals surface area contributed by atoms with Crippen LogP contribution in [0, 0.1) is 0 Å². The Morgan fingerprint density at radius 1 is 0.727 bits per heavy atom. The standard InChI is InChI=1S/C19H20O3/c1-21-16-7-3-13(4-8-16)18-11-15(20)12-19(18)14-5-9-17(22-2)10-6-14/h3-10,18-19H,11-12H2,1-2H3/t18-,19-/m0/s1. The Labute approximate surface area is 130 Å². The number of benzene rings is 2. The maximum atomic E-state index is 12.0. The summed E-state index contributed by atoms with van der Waals surface area (Å²) >= 11 is 0. The summed E-state index contributed by atoms with van der Waals surface area (Å²) in [7, 11) is 3.32. The fraction of sp³-hybridized carbons (Fsp3) is 0.316. The van der Waals surface area contributed by atoms with E-state index in [-0.39, 0.29) is 11.8 Å². The second kappa shape index (κ2) is 6.22. The molecular weight excluding hydrogens is 276 g/mol. The van der Waals surface area contributed by atoms with Gasteiger partial charge in [-0.05, 0) is 47.2 Å². The molecule has 0 bridgehead atoms. The predicted molar refractivity (Wildman–Crippen MR) is 85.7 cm³/mol. The largest absolute Gasteiger partial charge is 0.497 e. The van der Waals surface area contributed by atoms with Crippen LogP contribution in [-0.2, 0) is 4.79 Å². The summed E-state index contributed by atoms with van der Waals surface area (Å²) in [6, 6.07) is 16.1. The average molecular weight is 296 g/mol. The molecule has 0 saturated heterocycles. The Kier molecular flexibility index (Phi) is 4.14. The third-order valence-corrected chi connectivity index (χ3v) is 4.47. The maximum absolute atomic E-state index is 12.0. The SMILES string of the molecule is COc1ccc([C@@H]2CC(=O)C[C@H]2c2ccc(OC)cc2)cc1. The van der Waals surface area contributed by atoms with Gasteiger partial charge in [0.2, 0.25) is 0 Å². The minimum absolute atomic E-state index is 0.242. The highest BCUT2D eigenvalue weighted by atomic mass is 16.5. The van der Waals surface area contributed by atoms with Gasteiger partial charge in [-0.2, -0.15) is 0 Å². The molecule has 3 nitrogen and oxygen atoms in total. The fourth-order valence-corrected chi connectivity index (χ4v) is 3.26. The summed E-state index contributed by atoms with van der Waals surface area (Å²) in [5.74, 6) is 2.50. The van der Waals surface area contributed by atoms with Crippen molar-refractivity contribution >= 4 is 5.78 Å². The smallest absolute Gasteiger partial charge is 0.134 e. The number of methoxy groups -OCH3 is 2. The molecule has 2 aromatic carbocycles. The Morgan fingerprint density at radius 2 is 1.09 bits per heavy atom. The topological polar surface area (TPSA) is 35.5 Å². The summed E-state index contributed by atoms with van der Waals surface area (Å²) in [5, 5.41) is 0. The maximum Gasteiger partial charge on any atom is 0.134 e. The van der Waals surface area contributed by atoms with Crippen LogP contribution in [0.4, 0.5) is 0 Å². The van der Waals surface area contributed by atoms with Crippen LogP contribution in [0.25, 0.3) is 0 Å². The number of rotatable bonds is 4. The molecule has 2 aromatic rings. The van der Waals surface area contributed by atoms with Gasteiger partial charge in [0.05, 0.1) is 14.2 Å². The van der Waals surface area contributed by atoms with E-state index in [0.29, 0.717) is 18.6 Å². The third-order valence-electron chi connectivity index (χ3n) is 4.47. The summed E-state index contributed by atoms with van der Waals surface area (Å²) < 4.78 is 10.4. The van der Waals surface area contributed by atoms with Gasteiger partial charge < -0.3 is 9.47 Å². The van der Waals surface area contributed by atoms with Gasteiger partial charge >= 0.3 is 0 Å². The lowest BCUT2D eigenvalue weighted by Gasteiger charge is -2.20. The molecule has 1 fully saturated rings. The highest BCUT2D eigenvalue weighted by Crippen LogP contribution is 2.44. The monoisotopic (exact) mass is 296 g/mol. The minimum atomic E-state index is 0.242. The van der Waals surface area contributed by atoms with Crippen molar-refractivity contribution in [2.75, 3.05) is 14.2 Å². The zero-order chi connectivity index (χ0) is 15.5. The Hall–Kier alpha value is -2.29. The molecule has 0 aromatic heterocycles. The molecule has 0 amide bonds. The highest BCUT2D eigenvalue weighted by molar-refractivity contribution is 5.83. The molecule has 1 aliphatic rings. The van der Waals surface area contributed by atoms with Crippen LogP contribution in [-0.4, -0.2) is 20.0 Å². The number of hydrogen-bond donors (Lipinski definition) is 0. The predicted octanol–water partition coefficient (Wildman–Crippen LogP) is 3.93. The van der Waals surface area contributed by atoms with Crippen molar-refractivity contribution in [2.24, 2.45) is 0 Å². The van der Waals surface area contributed by atoms with E-state index in [4.69, 9.17) is 9.47 Å². The van der Waals surface area contributed by atoms with Gasteiger partial charge in [0, 0.05) is 12.8 Å². The first-order chi connectivity index (χ1) is 10.7.